The first-order chi connectivity index (χ1) is 9.65. The molecule has 4 rings (SSSR count). The van der Waals surface area contributed by atoms with Crippen molar-refractivity contribution < 1.29 is 0 Å². The Hall–Kier alpha value is -1.98. The third kappa shape index (κ3) is 1.50. The molecule has 0 aliphatic carbocycles. The molecular formula is C14H8ClN3OS. The van der Waals surface area contributed by atoms with E-state index < -0.39 is 0 Å². The highest BCUT2D eigenvalue weighted by atomic mass is 35.5. The van der Waals surface area contributed by atoms with E-state index in [1.165, 1.54) is 11.3 Å². The Morgan fingerprint density at radius 3 is 3.00 bits per heavy atom. The normalized spacial score (nSPS) is 11.7. The maximum atomic E-state index is 12.1. The van der Waals surface area contributed by atoms with Crippen LogP contribution in [0.15, 0.2) is 34.6 Å². The minimum atomic E-state index is -0.253. The van der Waals surface area contributed by atoms with E-state index in [-0.39, 0.29) is 5.56 Å². The number of benzene rings is 1. The molecule has 1 aromatic carbocycles. The van der Waals surface area contributed by atoms with Crippen LogP contribution in [0.1, 0.15) is 5.69 Å². The predicted molar refractivity (Wildman–Crippen MR) is 81.9 cm³/mol. The second-order valence-electron chi connectivity index (χ2n) is 4.59. The number of aryl methyl sites for hydroxylation is 1. The highest BCUT2D eigenvalue weighted by Gasteiger charge is 2.12. The van der Waals surface area contributed by atoms with Crippen molar-refractivity contribution in [1.29, 1.82) is 0 Å². The molecule has 0 fully saturated rings. The third-order valence-corrected chi connectivity index (χ3v) is 4.51. The van der Waals surface area contributed by atoms with Crippen molar-refractivity contribution in [2.75, 3.05) is 0 Å². The molecule has 98 valence electrons. The van der Waals surface area contributed by atoms with E-state index >= 15 is 0 Å². The van der Waals surface area contributed by atoms with Crippen LogP contribution in [-0.2, 0) is 0 Å². The van der Waals surface area contributed by atoms with Crippen LogP contribution >= 0.6 is 22.9 Å². The lowest BCUT2D eigenvalue weighted by atomic mass is 10.1. The van der Waals surface area contributed by atoms with Crippen molar-refractivity contribution in [1.82, 2.24) is 14.4 Å². The smallest absolute Gasteiger partial charge is 0.283 e. The molecule has 20 heavy (non-hydrogen) atoms. The Balaban J connectivity index is 2.45. The molecular weight excluding hydrogens is 294 g/mol. The van der Waals surface area contributed by atoms with Crippen molar-refractivity contribution in [3.8, 4) is 0 Å². The quantitative estimate of drug-likeness (QED) is 0.468. The van der Waals surface area contributed by atoms with E-state index in [0.717, 1.165) is 22.1 Å². The van der Waals surface area contributed by atoms with Crippen LogP contribution in [0.3, 0.4) is 0 Å². The minimum absolute atomic E-state index is 0.253. The average molecular weight is 302 g/mol. The van der Waals surface area contributed by atoms with Crippen LogP contribution in [-0.4, -0.2) is 14.4 Å². The Kier molecular flexibility index (Phi) is 2.37. The second-order valence-corrected chi connectivity index (χ2v) is 5.87. The zero-order valence-electron chi connectivity index (χ0n) is 10.4. The maximum Gasteiger partial charge on any atom is 0.283 e. The molecule has 4 nitrogen and oxygen atoms in total. The van der Waals surface area contributed by atoms with Crippen LogP contribution in [0.4, 0.5) is 0 Å². The number of aromatic nitrogens is 3. The molecule has 6 heteroatoms. The maximum absolute atomic E-state index is 12.1. The number of rotatable bonds is 0. The summed E-state index contributed by atoms with van der Waals surface area (Å²) in [4.78, 5) is 21.3. The molecule has 0 spiro atoms. The van der Waals surface area contributed by atoms with Gasteiger partial charge in [-0.25, -0.2) is 0 Å². The van der Waals surface area contributed by atoms with E-state index in [1.54, 1.807) is 12.3 Å². The van der Waals surface area contributed by atoms with Gasteiger partial charge < -0.3 is 0 Å². The molecule has 0 aliphatic rings. The minimum Gasteiger partial charge on any atom is -0.288 e. The summed E-state index contributed by atoms with van der Waals surface area (Å²) in [5.41, 5.74) is 2.42. The Morgan fingerprint density at radius 2 is 2.15 bits per heavy atom. The monoisotopic (exact) mass is 301 g/mol. The first kappa shape index (κ1) is 11.8. The van der Waals surface area contributed by atoms with Crippen molar-refractivity contribution in [3.05, 3.63) is 50.8 Å². The van der Waals surface area contributed by atoms with Gasteiger partial charge in [0.05, 0.1) is 16.4 Å². The van der Waals surface area contributed by atoms with Crippen molar-refractivity contribution >= 4 is 49.7 Å². The fraction of sp³-hybridized carbons (Fsp3) is 0.0714. The zero-order chi connectivity index (χ0) is 13.9. The van der Waals surface area contributed by atoms with Gasteiger partial charge in [0.2, 0.25) is 0 Å². The number of pyridine rings is 1. The molecule has 0 radical (unpaired) electrons. The third-order valence-electron chi connectivity index (χ3n) is 3.33. The van der Waals surface area contributed by atoms with E-state index in [2.05, 4.69) is 9.97 Å². The van der Waals surface area contributed by atoms with Crippen LogP contribution < -0.4 is 5.56 Å². The number of halogens is 1. The van der Waals surface area contributed by atoms with Gasteiger partial charge in [-0.3, -0.25) is 14.2 Å². The van der Waals surface area contributed by atoms with E-state index in [0.29, 0.717) is 15.4 Å². The van der Waals surface area contributed by atoms with Crippen molar-refractivity contribution in [3.63, 3.8) is 0 Å². The number of hydrogen-bond acceptors (Lipinski definition) is 4. The standard InChI is InChI=1S/C14H8ClN3OS/c1-7-6-20-14-17-13(19)10-5-16-11-3-2-8(15)4-9(11)12(10)18(7)14/h2-6H,1H3. The van der Waals surface area contributed by atoms with Crippen LogP contribution in [0.2, 0.25) is 5.02 Å². The van der Waals surface area contributed by atoms with Gasteiger partial charge in [-0.2, -0.15) is 4.98 Å². The summed E-state index contributed by atoms with van der Waals surface area (Å²) >= 11 is 7.55. The molecule has 3 aromatic heterocycles. The molecule has 0 atom stereocenters. The molecule has 4 aromatic rings. The highest BCUT2D eigenvalue weighted by molar-refractivity contribution is 7.15. The number of nitrogens with zero attached hydrogens (tertiary/aromatic N) is 3. The molecule has 0 unspecified atom stereocenters. The first-order valence-electron chi connectivity index (χ1n) is 6.00. The second kappa shape index (κ2) is 4.01. The summed E-state index contributed by atoms with van der Waals surface area (Å²) in [6.07, 6.45) is 1.59. The van der Waals surface area contributed by atoms with Crippen molar-refractivity contribution in [2.24, 2.45) is 0 Å². The molecule has 3 heterocycles. The topological polar surface area (TPSA) is 47.3 Å². The van der Waals surface area contributed by atoms with Gasteiger partial charge in [-0.05, 0) is 25.1 Å². The Labute approximate surface area is 122 Å². The number of thiazole rings is 1. The lowest BCUT2D eigenvalue weighted by Crippen LogP contribution is -2.10. The summed E-state index contributed by atoms with van der Waals surface area (Å²) in [5.74, 6) is 0. The van der Waals surface area contributed by atoms with Gasteiger partial charge in [0.1, 0.15) is 0 Å². The number of hydrogen-bond donors (Lipinski definition) is 0. The summed E-state index contributed by atoms with van der Waals surface area (Å²) in [6, 6.07) is 5.50. The molecule has 0 saturated heterocycles. The van der Waals surface area contributed by atoms with Crippen LogP contribution in [0.5, 0.6) is 0 Å². The van der Waals surface area contributed by atoms with Crippen LogP contribution in [0, 0.1) is 6.92 Å². The average Bonchev–Trinajstić information content (AvgIpc) is 2.79. The lowest BCUT2D eigenvalue weighted by Gasteiger charge is -2.07. The van der Waals surface area contributed by atoms with E-state index in [9.17, 15) is 4.79 Å². The largest absolute Gasteiger partial charge is 0.288 e. The predicted octanol–water partition coefficient (Wildman–Crippen LogP) is 3.42. The van der Waals surface area contributed by atoms with Gasteiger partial charge >= 0.3 is 0 Å². The molecule has 0 saturated carbocycles. The number of fused-ring (bicyclic) bond motifs is 5. The zero-order valence-corrected chi connectivity index (χ0v) is 12.0. The molecule has 0 N–H and O–H groups in total. The fourth-order valence-corrected chi connectivity index (χ4v) is 3.47. The highest BCUT2D eigenvalue weighted by Crippen LogP contribution is 2.27. The summed E-state index contributed by atoms with van der Waals surface area (Å²) in [5, 5.41) is 3.99. The molecule has 0 amide bonds. The SMILES string of the molecule is Cc1csc2nc(=O)c3cnc4ccc(Cl)cc4c3n12. The van der Waals surface area contributed by atoms with Crippen molar-refractivity contribution in [2.45, 2.75) is 6.92 Å². The summed E-state index contributed by atoms with van der Waals surface area (Å²) in [6.45, 7) is 1.99. The Morgan fingerprint density at radius 1 is 1.30 bits per heavy atom. The van der Waals surface area contributed by atoms with Gasteiger partial charge in [0, 0.05) is 27.7 Å². The van der Waals surface area contributed by atoms with Gasteiger partial charge in [-0.15, -0.1) is 11.3 Å². The molecule has 0 aliphatic heterocycles. The van der Waals surface area contributed by atoms with Crippen LogP contribution in [0.25, 0.3) is 26.8 Å². The lowest BCUT2D eigenvalue weighted by molar-refractivity contribution is 1.11. The summed E-state index contributed by atoms with van der Waals surface area (Å²) < 4.78 is 1.99. The fourth-order valence-electron chi connectivity index (χ4n) is 2.44. The van der Waals surface area contributed by atoms with Gasteiger partial charge in [-0.1, -0.05) is 11.6 Å². The van der Waals surface area contributed by atoms with Gasteiger partial charge in [0.15, 0.2) is 4.96 Å². The Bertz CT molecular complexity index is 1050. The van der Waals surface area contributed by atoms with E-state index in [1.807, 2.05) is 28.8 Å². The molecule has 0 bridgehead atoms. The van der Waals surface area contributed by atoms with Gasteiger partial charge in [0.25, 0.3) is 5.56 Å². The van der Waals surface area contributed by atoms with E-state index in [4.69, 9.17) is 11.6 Å². The first-order valence-corrected chi connectivity index (χ1v) is 7.26. The summed E-state index contributed by atoms with van der Waals surface area (Å²) in [7, 11) is 0.